The molecule has 1 unspecified atom stereocenters. The second-order valence-electron chi connectivity index (χ2n) is 7.50. The first-order valence-corrected chi connectivity index (χ1v) is 9.41. The third-order valence-corrected chi connectivity index (χ3v) is 5.78. The molecule has 0 aromatic heterocycles. The summed E-state index contributed by atoms with van der Waals surface area (Å²) in [5.74, 6) is 0.586. The van der Waals surface area contributed by atoms with E-state index in [1.165, 1.54) is 39.0 Å². The Morgan fingerprint density at radius 2 is 1.76 bits per heavy atom. The van der Waals surface area contributed by atoms with Crippen molar-refractivity contribution in [3.63, 3.8) is 0 Å². The minimum atomic E-state index is 0.586. The van der Waals surface area contributed by atoms with Crippen molar-refractivity contribution in [3.05, 3.63) is 94.6 Å². The summed E-state index contributed by atoms with van der Waals surface area (Å²) >= 11 is 0. The SMILES string of the molecule is C=C(C)C1=CC=C(C2Cc3ccccc3-c3ccc(CC)cc3C2)C1. The van der Waals surface area contributed by atoms with Crippen LogP contribution in [0.25, 0.3) is 11.1 Å². The minimum Gasteiger partial charge on any atom is -0.0958 e. The second-order valence-corrected chi connectivity index (χ2v) is 7.50. The van der Waals surface area contributed by atoms with Crippen molar-refractivity contribution in [1.29, 1.82) is 0 Å². The van der Waals surface area contributed by atoms with Crippen LogP contribution >= 0.6 is 0 Å². The Labute approximate surface area is 151 Å². The fourth-order valence-electron chi connectivity index (χ4n) is 4.24. The second kappa shape index (κ2) is 6.52. The van der Waals surface area contributed by atoms with Crippen LogP contribution in [0.2, 0.25) is 0 Å². The summed E-state index contributed by atoms with van der Waals surface area (Å²) in [4.78, 5) is 0. The molecule has 0 N–H and O–H groups in total. The molecule has 2 aliphatic rings. The molecule has 0 bridgehead atoms. The third kappa shape index (κ3) is 3.02. The summed E-state index contributed by atoms with van der Waals surface area (Å²) in [6.07, 6.45) is 9.08. The Balaban J connectivity index is 1.75. The highest BCUT2D eigenvalue weighted by molar-refractivity contribution is 5.72. The molecule has 126 valence electrons. The smallest absolute Gasteiger partial charge is 0.00586 e. The molecule has 0 nitrogen and oxygen atoms in total. The van der Waals surface area contributed by atoms with Gasteiger partial charge < -0.3 is 0 Å². The molecule has 25 heavy (non-hydrogen) atoms. The van der Waals surface area contributed by atoms with Crippen LogP contribution in [0, 0.1) is 5.92 Å². The lowest BCUT2D eigenvalue weighted by atomic mass is 9.86. The Kier molecular flexibility index (Phi) is 4.21. The summed E-state index contributed by atoms with van der Waals surface area (Å²) < 4.78 is 0. The van der Waals surface area contributed by atoms with Gasteiger partial charge in [-0.3, -0.25) is 0 Å². The van der Waals surface area contributed by atoms with E-state index in [2.05, 4.69) is 75.0 Å². The summed E-state index contributed by atoms with van der Waals surface area (Å²) in [5.41, 5.74) is 11.5. The van der Waals surface area contributed by atoms with Crippen LogP contribution in [-0.2, 0) is 19.3 Å². The molecule has 0 saturated heterocycles. The van der Waals surface area contributed by atoms with Gasteiger partial charge in [0.1, 0.15) is 0 Å². The standard InChI is InChI=1S/C25H26/c1-4-18-9-12-25-23(13-18)16-22(15-21-7-5-6-8-24(21)25)20-11-10-19(14-20)17(2)3/h5-13,22H,2,4,14-16H2,1,3H3. The predicted molar refractivity (Wildman–Crippen MR) is 108 cm³/mol. The molecular weight excluding hydrogens is 300 g/mol. The van der Waals surface area contributed by atoms with E-state index >= 15 is 0 Å². The summed E-state index contributed by atoms with van der Waals surface area (Å²) in [5, 5.41) is 0. The normalized spacial score (nSPS) is 18.7. The number of hydrogen-bond acceptors (Lipinski definition) is 0. The van der Waals surface area contributed by atoms with Crippen molar-refractivity contribution in [2.75, 3.05) is 0 Å². The van der Waals surface area contributed by atoms with Gasteiger partial charge in [0.25, 0.3) is 0 Å². The quantitative estimate of drug-likeness (QED) is 0.607. The van der Waals surface area contributed by atoms with E-state index in [0.717, 1.165) is 25.7 Å². The maximum Gasteiger partial charge on any atom is -0.00586 e. The van der Waals surface area contributed by atoms with Gasteiger partial charge in [0.15, 0.2) is 0 Å². The average molecular weight is 326 g/mol. The Bertz CT molecular complexity index is 892. The lowest BCUT2D eigenvalue weighted by Gasteiger charge is -2.18. The van der Waals surface area contributed by atoms with E-state index in [-0.39, 0.29) is 0 Å². The van der Waals surface area contributed by atoms with Crippen molar-refractivity contribution in [2.24, 2.45) is 5.92 Å². The minimum absolute atomic E-state index is 0.586. The molecule has 2 aromatic rings. The van der Waals surface area contributed by atoms with E-state index in [0.29, 0.717) is 5.92 Å². The van der Waals surface area contributed by atoms with Gasteiger partial charge in [-0.2, -0.15) is 0 Å². The van der Waals surface area contributed by atoms with Gasteiger partial charge >= 0.3 is 0 Å². The largest absolute Gasteiger partial charge is 0.0958 e. The first-order valence-electron chi connectivity index (χ1n) is 9.41. The number of allylic oxidation sites excluding steroid dienone is 5. The van der Waals surface area contributed by atoms with Gasteiger partial charge in [0, 0.05) is 0 Å². The average Bonchev–Trinajstić information content (AvgIpc) is 3.06. The molecule has 0 spiro atoms. The van der Waals surface area contributed by atoms with Crippen molar-refractivity contribution in [2.45, 2.75) is 39.5 Å². The van der Waals surface area contributed by atoms with Gasteiger partial charge in [0.2, 0.25) is 0 Å². The van der Waals surface area contributed by atoms with Gasteiger partial charge in [-0.05, 0) is 71.9 Å². The van der Waals surface area contributed by atoms with Crippen LogP contribution in [0.4, 0.5) is 0 Å². The molecule has 0 saturated carbocycles. The molecule has 4 rings (SSSR count). The lowest BCUT2D eigenvalue weighted by Crippen LogP contribution is -2.10. The molecule has 0 heterocycles. The van der Waals surface area contributed by atoms with Crippen LogP contribution in [0.15, 0.2) is 77.9 Å². The van der Waals surface area contributed by atoms with Crippen LogP contribution in [0.3, 0.4) is 0 Å². The first-order chi connectivity index (χ1) is 12.2. The van der Waals surface area contributed by atoms with Crippen LogP contribution in [0.5, 0.6) is 0 Å². The highest BCUT2D eigenvalue weighted by atomic mass is 14.3. The van der Waals surface area contributed by atoms with E-state index < -0.39 is 0 Å². The monoisotopic (exact) mass is 326 g/mol. The van der Waals surface area contributed by atoms with Crippen LogP contribution in [-0.4, -0.2) is 0 Å². The topological polar surface area (TPSA) is 0 Å². The van der Waals surface area contributed by atoms with Gasteiger partial charge in [-0.25, -0.2) is 0 Å². The highest BCUT2D eigenvalue weighted by Gasteiger charge is 2.25. The number of benzene rings is 2. The van der Waals surface area contributed by atoms with Crippen LogP contribution < -0.4 is 0 Å². The summed E-state index contributed by atoms with van der Waals surface area (Å²) in [6.45, 7) is 8.49. The molecule has 0 fully saturated rings. The van der Waals surface area contributed by atoms with Gasteiger partial charge in [-0.15, -0.1) is 0 Å². The van der Waals surface area contributed by atoms with Crippen LogP contribution in [0.1, 0.15) is 37.0 Å². The number of hydrogen-bond donors (Lipinski definition) is 0. The molecule has 0 aliphatic heterocycles. The van der Waals surface area contributed by atoms with E-state index in [4.69, 9.17) is 0 Å². The van der Waals surface area contributed by atoms with Crippen molar-refractivity contribution < 1.29 is 0 Å². The van der Waals surface area contributed by atoms with E-state index in [1.807, 2.05) is 0 Å². The lowest BCUT2D eigenvalue weighted by molar-refractivity contribution is 0.602. The Morgan fingerprint density at radius 3 is 2.52 bits per heavy atom. The molecule has 0 amide bonds. The summed E-state index contributed by atoms with van der Waals surface area (Å²) in [6, 6.07) is 16.0. The fourth-order valence-corrected chi connectivity index (χ4v) is 4.24. The highest BCUT2D eigenvalue weighted by Crippen LogP contribution is 2.40. The fraction of sp³-hybridized carbons (Fsp3) is 0.280. The number of rotatable bonds is 3. The number of aryl methyl sites for hydroxylation is 1. The van der Waals surface area contributed by atoms with Crippen molar-refractivity contribution in [1.82, 2.24) is 0 Å². The van der Waals surface area contributed by atoms with E-state index in [1.54, 1.807) is 5.57 Å². The third-order valence-electron chi connectivity index (χ3n) is 5.78. The van der Waals surface area contributed by atoms with Gasteiger partial charge in [0.05, 0.1) is 0 Å². The maximum atomic E-state index is 4.13. The molecule has 2 aromatic carbocycles. The zero-order chi connectivity index (χ0) is 17.4. The van der Waals surface area contributed by atoms with Crippen molar-refractivity contribution in [3.8, 4) is 11.1 Å². The molecule has 0 heteroatoms. The zero-order valence-electron chi connectivity index (χ0n) is 15.3. The predicted octanol–water partition coefficient (Wildman–Crippen LogP) is 6.46. The zero-order valence-corrected chi connectivity index (χ0v) is 15.3. The van der Waals surface area contributed by atoms with Crippen molar-refractivity contribution >= 4 is 0 Å². The maximum absolute atomic E-state index is 4.13. The molecular formula is C25H26. The first kappa shape index (κ1) is 16.1. The number of fused-ring (bicyclic) bond motifs is 3. The molecule has 0 radical (unpaired) electrons. The molecule has 2 aliphatic carbocycles. The van der Waals surface area contributed by atoms with E-state index in [9.17, 15) is 0 Å². The van der Waals surface area contributed by atoms with Gasteiger partial charge in [-0.1, -0.05) is 79.3 Å². The Morgan fingerprint density at radius 1 is 1.00 bits per heavy atom. The Hall–Kier alpha value is -2.34. The molecule has 1 atom stereocenters. The summed E-state index contributed by atoms with van der Waals surface area (Å²) in [7, 11) is 0.